The Morgan fingerprint density at radius 3 is 2.76 bits per heavy atom. The maximum Gasteiger partial charge on any atom is 0.346 e. The SMILES string of the molecule is COC(=O)c1cnc2c(O)sc(C(=O)O)c2c1. The number of thiophene rings is 1. The molecule has 0 aliphatic heterocycles. The molecule has 6 nitrogen and oxygen atoms in total. The van der Waals surface area contributed by atoms with E-state index in [0.29, 0.717) is 11.3 Å². The number of methoxy groups -OCH3 is 1. The number of hydrogen-bond acceptors (Lipinski definition) is 6. The zero-order valence-corrected chi connectivity index (χ0v) is 9.45. The monoisotopic (exact) mass is 253 g/mol. The highest BCUT2D eigenvalue weighted by Crippen LogP contribution is 2.35. The van der Waals surface area contributed by atoms with Gasteiger partial charge in [-0.15, -0.1) is 0 Å². The summed E-state index contributed by atoms with van der Waals surface area (Å²) < 4.78 is 4.51. The van der Waals surface area contributed by atoms with Crippen molar-refractivity contribution in [3.8, 4) is 5.06 Å². The third-order valence-electron chi connectivity index (χ3n) is 2.15. The molecule has 0 saturated heterocycles. The van der Waals surface area contributed by atoms with Gasteiger partial charge in [0, 0.05) is 11.6 Å². The molecule has 17 heavy (non-hydrogen) atoms. The van der Waals surface area contributed by atoms with E-state index in [4.69, 9.17) is 5.11 Å². The van der Waals surface area contributed by atoms with Gasteiger partial charge in [0.2, 0.25) is 0 Å². The van der Waals surface area contributed by atoms with E-state index in [1.165, 1.54) is 19.4 Å². The van der Waals surface area contributed by atoms with Crippen molar-refractivity contribution in [2.75, 3.05) is 7.11 Å². The Hall–Kier alpha value is -2.15. The summed E-state index contributed by atoms with van der Waals surface area (Å²) in [5, 5.41) is 18.5. The zero-order valence-electron chi connectivity index (χ0n) is 8.63. The van der Waals surface area contributed by atoms with Crippen LogP contribution in [0.4, 0.5) is 0 Å². The first-order valence-corrected chi connectivity index (χ1v) is 5.29. The van der Waals surface area contributed by atoms with Gasteiger partial charge in [0.15, 0.2) is 5.06 Å². The Morgan fingerprint density at radius 1 is 1.47 bits per heavy atom. The minimum absolute atomic E-state index is 0.0595. The summed E-state index contributed by atoms with van der Waals surface area (Å²) in [5.74, 6) is -1.79. The van der Waals surface area contributed by atoms with Gasteiger partial charge in [0.25, 0.3) is 0 Å². The van der Waals surface area contributed by atoms with E-state index in [0.717, 1.165) is 0 Å². The van der Waals surface area contributed by atoms with Crippen LogP contribution in [0.15, 0.2) is 12.3 Å². The van der Waals surface area contributed by atoms with E-state index in [9.17, 15) is 14.7 Å². The van der Waals surface area contributed by atoms with Crippen LogP contribution in [0.1, 0.15) is 20.0 Å². The fraction of sp³-hybridized carbons (Fsp3) is 0.100. The van der Waals surface area contributed by atoms with Gasteiger partial charge >= 0.3 is 11.9 Å². The molecule has 0 unspecified atom stereocenters. The molecule has 0 aromatic carbocycles. The number of aromatic carboxylic acids is 1. The number of aromatic nitrogens is 1. The van der Waals surface area contributed by atoms with Crippen LogP contribution in [0.2, 0.25) is 0 Å². The van der Waals surface area contributed by atoms with Crippen LogP contribution in [0.5, 0.6) is 5.06 Å². The quantitative estimate of drug-likeness (QED) is 0.787. The minimum atomic E-state index is -1.18. The molecule has 88 valence electrons. The van der Waals surface area contributed by atoms with E-state index in [1.807, 2.05) is 0 Å². The van der Waals surface area contributed by atoms with Crippen LogP contribution in [0.25, 0.3) is 10.9 Å². The molecule has 2 aromatic heterocycles. The topological polar surface area (TPSA) is 96.7 Å². The number of carboxylic acids is 1. The van der Waals surface area contributed by atoms with Crippen LogP contribution in [-0.4, -0.2) is 34.2 Å². The molecule has 2 rings (SSSR count). The molecule has 7 heteroatoms. The molecule has 0 spiro atoms. The predicted molar refractivity (Wildman–Crippen MR) is 59.6 cm³/mol. The van der Waals surface area contributed by atoms with Crippen molar-refractivity contribution in [1.82, 2.24) is 4.98 Å². The van der Waals surface area contributed by atoms with Gasteiger partial charge in [0.05, 0.1) is 12.7 Å². The number of rotatable bonds is 2. The minimum Gasteiger partial charge on any atom is -0.498 e. The van der Waals surface area contributed by atoms with Gasteiger partial charge in [-0.05, 0) is 6.07 Å². The molecule has 0 aliphatic rings. The lowest BCUT2D eigenvalue weighted by Crippen LogP contribution is -2.02. The molecule has 2 heterocycles. The number of nitrogens with zero attached hydrogens (tertiary/aromatic N) is 1. The molecule has 2 aromatic rings. The largest absolute Gasteiger partial charge is 0.498 e. The first kappa shape index (κ1) is 11.3. The number of carboxylic acid groups (broad SMARTS) is 1. The number of carbonyl (C=O) groups excluding carboxylic acids is 1. The molecule has 0 fully saturated rings. The standard InChI is InChI=1S/C10H7NO5S/c1-16-9(14)4-2-5-6(11-3-4)10(15)17-7(5)8(12)13/h2-3,15H,1H3,(H,12,13). The van der Waals surface area contributed by atoms with Gasteiger partial charge in [0.1, 0.15) is 10.4 Å². The highest BCUT2D eigenvalue weighted by Gasteiger charge is 2.19. The summed E-state index contributed by atoms with van der Waals surface area (Å²) in [6, 6.07) is 1.34. The second kappa shape index (κ2) is 4.02. The van der Waals surface area contributed by atoms with Crippen molar-refractivity contribution >= 4 is 34.2 Å². The molecule has 0 atom stereocenters. The van der Waals surface area contributed by atoms with E-state index in [1.54, 1.807) is 0 Å². The van der Waals surface area contributed by atoms with Crippen molar-refractivity contribution in [3.63, 3.8) is 0 Å². The first-order chi connectivity index (χ1) is 8.04. The number of esters is 1. The first-order valence-electron chi connectivity index (χ1n) is 4.47. The third-order valence-corrected chi connectivity index (χ3v) is 3.13. The van der Waals surface area contributed by atoms with Crippen molar-refractivity contribution < 1.29 is 24.5 Å². The second-order valence-electron chi connectivity index (χ2n) is 3.15. The van der Waals surface area contributed by atoms with Gasteiger partial charge in [-0.25, -0.2) is 9.59 Å². The lowest BCUT2D eigenvalue weighted by Gasteiger charge is -1.98. The lowest BCUT2D eigenvalue weighted by atomic mass is 10.2. The molecule has 0 radical (unpaired) electrons. The van der Waals surface area contributed by atoms with Gasteiger partial charge in [-0.1, -0.05) is 11.3 Å². The van der Waals surface area contributed by atoms with E-state index in [-0.39, 0.29) is 26.4 Å². The molecular weight excluding hydrogens is 246 g/mol. The smallest absolute Gasteiger partial charge is 0.346 e. The number of pyridine rings is 1. The molecule has 0 aliphatic carbocycles. The fourth-order valence-electron chi connectivity index (χ4n) is 1.40. The third kappa shape index (κ3) is 1.80. The predicted octanol–water partition coefficient (Wildman–Crippen LogP) is 1.49. The van der Waals surface area contributed by atoms with Crippen molar-refractivity contribution in [3.05, 3.63) is 22.7 Å². The number of ether oxygens (including phenoxy) is 1. The van der Waals surface area contributed by atoms with Gasteiger partial charge in [-0.3, -0.25) is 4.98 Å². The van der Waals surface area contributed by atoms with Crippen LogP contribution >= 0.6 is 11.3 Å². The van der Waals surface area contributed by atoms with Gasteiger partial charge in [-0.2, -0.15) is 0 Å². The Bertz CT molecular complexity index is 618. The molecule has 0 amide bonds. The summed E-state index contributed by atoms with van der Waals surface area (Å²) in [5.41, 5.74) is 0.306. The van der Waals surface area contributed by atoms with Gasteiger partial charge < -0.3 is 14.9 Å². The fourth-order valence-corrected chi connectivity index (χ4v) is 2.20. The van der Waals surface area contributed by atoms with Crippen LogP contribution in [-0.2, 0) is 4.74 Å². The molecular formula is C10H7NO5S. The number of hydrogen-bond donors (Lipinski definition) is 2. The number of aromatic hydroxyl groups is 1. The van der Waals surface area contributed by atoms with Crippen LogP contribution in [0.3, 0.4) is 0 Å². The summed E-state index contributed by atoms with van der Waals surface area (Å²) in [4.78, 5) is 26.0. The van der Waals surface area contributed by atoms with Crippen molar-refractivity contribution in [1.29, 1.82) is 0 Å². The Kier molecular flexibility index (Phi) is 2.68. The molecule has 0 bridgehead atoms. The Balaban J connectivity index is 2.70. The molecule has 2 N–H and O–H groups in total. The van der Waals surface area contributed by atoms with Crippen LogP contribution < -0.4 is 0 Å². The zero-order chi connectivity index (χ0) is 12.6. The van der Waals surface area contributed by atoms with Crippen molar-refractivity contribution in [2.45, 2.75) is 0 Å². The number of carbonyl (C=O) groups is 2. The Labute approximate surface area is 99.1 Å². The highest BCUT2D eigenvalue weighted by molar-refractivity contribution is 7.17. The average molecular weight is 253 g/mol. The lowest BCUT2D eigenvalue weighted by molar-refractivity contribution is 0.0599. The summed E-state index contributed by atoms with van der Waals surface area (Å²) in [6.45, 7) is 0. The normalized spacial score (nSPS) is 10.4. The van der Waals surface area contributed by atoms with E-state index < -0.39 is 11.9 Å². The van der Waals surface area contributed by atoms with E-state index >= 15 is 0 Å². The maximum atomic E-state index is 11.3. The highest BCUT2D eigenvalue weighted by atomic mass is 32.1. The van der Waals surface area contributed by atoms with Crippen LogP contribution in [0, 0.1) is 0 Å². The maximum absolute atomic E-state index is 11.3. The second-order valence-corrected chi connectivity index (χ2v) is 4.15. The summed E-state index contributed by atoms with van der Waals surface area (Å²) in [6.07, 6.45) is 1.23. The number of fused-ring (bicyclic) bond motifs is 1. The molecule has 0 saturated carbocycles. The summed E-state index contributed by atoms with van der Waals surface area (Å²) >= 11 is 0.705. The van der Waals surface area contributed by atoms with Crippen molar-refractivity contribution in [2.24, 2.45) is 0 Å². The summed E-state index contributed by atoms with van der Waals surface area (Å²) in [7, 11) is 1.22. The van der Waals surface area contributed by atoms with E-state index in [2.05, 4.69) is 9.72 Å². The average Bonchev–Trinajstić information content (AvgIpc) is 2.65. The Morgan fingerprint density at radius 2 is 2.18 bits per heavy atom.